The SMILES string of the molecule is CN[C@@H](C)C(=O)NC(C(=O)N[C@@H](Cc1ccc([C@H]2C[C@@H](C(=O)N[C@@H]3CCCc4ccccc43)N(C(=O)[C@@H](NC(=O)[C@H](C)NC)C(C)(C)C)C2)cc1)C(=O)N[C@@H]1CCCc2ccccc21)C(C)(C)C. The molecule has 1 saturated heterocycles. The minimum Gasteiger partial charge on any atom is -0.347 e. The van der Waals surface area contributed by atoms with Gasteiger partial charge < -0.3 is 42.1 Å². The highest BCUT2D eigenvalue weighted by Gasteiger charge is 2.46. The van der Waals surface area contributed by atoms with Crippen LogP contribution in [0.15, 0.2) is 72.8 Å². The average Bonchev–Trinajstić information content (AvgIpc) is 3.77. The Labute approximate surface area is 403 Å². The Balaban J connectivity index is 1.27. The lowest BCUT2D eigenvalue weighted by Crippen LogP contribution is -2.60. The van der Waals surface area contributed by atoms with Crippen LogP contribution < -0.4 is 37.2 Å². The summed E-state index contributed by atoms with van der Waals surface area (Å²) in [7, 11) is 3.37. The molecule has 6 rings (SSSR count). The summed E-state index contributed by atoms with van der Waals surface area (Å²) in [6, 6.07) is 19.1. The zero-order chi connectivity index (χ0) is 49.5. The van der Waals surface area contributed by atoms with Crippen molar-refractivity contribution in [2.24, 2.45) is 10.8 Å². The second-order valence-corrected chi connectivity index (χ2v) is 21.4. The molecule has 1 fully saturated rings. The molecule has 2 aliphatic carbocycles. The van der Waals surface area contributed by atoms with Crippen molar-refractivity contribution in [3.63, 3.8) is 0 Å². The molecule has 0 bridgehead atoms. The fraction of sp³-hybridized carbons (Fsp3) is 0.556. The van der Waals surface area contributed by atoms with E-state index in [1.807, 2.05) is 96.1 Å². The molecule has 14 nitrogen and oxygen atoms in total. The van der Waals surface area contributed by atoms with Gasteiger partial charge in [0.05, 0.1) is 24.2 Å². The van der Waals surface area contributed by atoms with Crippen LogP contribution in [0.5, 0.6) is 0 Å². The molecule has 0 saturated carbocycles. The number of likely N-dealkylation sites (tertiary alicyclic amines) is 1. The number of likely N-dealkylation sites (N-methyl/N-ethyl adjacent to an activating group) is 2. The lowest BCUT2D eigenvalue weighted by molar-refractivity contribution is -0.144. The van der Waals surface area contributed by atoms with Gasteiger partial charge in [-0.15, -0.1) is 0 Å². The zero-order valence-corrected chi connectivity index (χ0v) is 41.9. The van der Waals surface area contributed by atoms with Crippen molar-refractivity contribution in [3.05, 3.63) is 106 Å². The number of carbonyl (C=O) groups is 6. The molecule has 1 unspecified atom stereocenters. The summed E-state index contributed by atoms with van der Waals surface area (Å²) in [5.74, 6) is -2.17. The summed E-state index contributed by atoms with van der Waals surface area (Å²) in [6.07, 6.45) is 5.86. The highest BCUT2D eigenvalue weighted by Crippen LogP contribution is 2.37. The number of rotatable bonds is 16. The van der Waals surface area contributed by atoms with Gasteiger partial charge >= 0.3 is 0 Å². The number of nitrogens with one attached hydrogen (secondary N) is 7. The second kappa shape index (κ2) is 22.2. The van der Waals surface area contributed by atoms with Gasteiger partial charge in [0.25, 0.3) is 0 Å². The third kappa shape index (κ3) is 12.5. The molecule has 1 heterocycles. The van der Waals surface area contributed by atoms with Crippen LogP contribution in [0, 0.1) is 10.8 Å². The average molecular weight is 933 g/mol. The quantitative estimate of drug-likeness (QED) is 0.104. The van der Waals surface area contributed by atoms with Crippen molar-refractivity contribution in [1.82, 2.24) is 42.1 Å². The molecule has 0 radical (unpaired) electrons. The van der Waals surface area contributed by atoms with E-state index in [0.29, 0.717) is 6.42 Å². The molecule has 368 valence electrons. The molecule has 1 aliphatic heterocycles. The number of nitrogens with zero attached hydrogens (tertiary/aromatic N) is 1. The van der Waals surface area contributed by atoms with Crippen LogP contribution in [0.25, 0.3) is 0 Å². The van der Waals surface area contributed by atoms with E-state index in [4.69, 9.17) is 0 Å². The van der Waals surface area contributed by atoms with E-state index >= 15 is 0 Å². The minimum atomic E-state index is -0.973. The minimum absolute atomic E-state index is 0.172. The lowest BCUT2D eigenvalue weighted by Gasteiger charge is -2.36. The van der Waals surface area contributed by atoms with Crippen LogP contribution in [0.1, 0.15) is 139 Å². The van der Waals surface area contributed by atoms with Crippen molar-refractivity contribution in [2.45, 2.75) is 161 Å². The molecule has 0 spiro atoms. The molecule has 0 aromatic heterocycles. The van der Waals surface area contributed by atoms with Crippen molar-refractivity contribution < 1.29 is 28.8 Å². The second-order valence-electron chi connectivity index (χ2n) is 21.4. The number of hydrogen-bond donors (Lipinski definition) is 7. The third-order valence-corrected chi connectivity index (χ3v) is 14.2. The summed E-state index contributed by atoms with van der Waals surface area (Å²) >= 11 is 0. The van der Waals surface area contributed by atoms with Crippen molar-refractivity contribution >= 4 is 35.4 Å². The maximum absolute atomic E-state index is 14.8. The van der Waals surface area contributed by atoms with E-state index in [0.717, 1.165) is 60.8 Å². The molecule has 7 N–H and O–H groups in total. The first-order valence-electron chi connectivity index (χ1n) is 24.6. The number of aryl methyl sites for hydroxylation is 2. The Hall–Kier alpha value is -5.60. The monoisotopic (exact) mass is 933 g/mol. The molecular weight excluding hydrogens is 857 g/mol. The lowest BCUT2D eigenvalue weighted by atomic mass is 9.85. The first-order chi connectivity index (χ1) is 32.2. The van der Waals surface area contributed by atoms with Crippen LogP contribution in [0.4, 0.5) is 0 Å². The number of hydrogen-bond acceptors (Lipinski definition) is 8. The van der Waals surface area contributed by atoms with Gasteiger partial charge in [0.15, 0.2) is 0 Å². The number of benzene rings is 3. The largest absolute Gasteiger partial charge is 0.347 e. The van der Waals surface area contributed by atoms with Crippen LogP contribution >= 0.6 is 0 Å². The first-order valence-corrected chi connectivity index (χ1v) is 24.6. The topological polar surface area (TPSA) is 190 Å². The molecule has 6 amide bonds. The van der Waals surface area contributed by atoms with Gasteiger partial charge in [-0.25, -0.2) is 0 Å². The van der Waals surface area contributed by atoms with Crippen molar-refractivity contribution in [2.75, 3.05) is 20.6 Å². The fourth-order valence-corrected chi connectivity index (χ4v) is 9.83. The normalized spacial score (nSPS) is 21.4. The number of amides is 6. The summed E-state index contributed by atoms with van der Waals surface area (Å²) in [4.78, 5) is 85.9. The van der Waals surface area contributed by atoms with Crippen molar-refractivity contribution in [1.29, 1.82) is 0 Å². The third-order valence-electron chi connectivity index (χ3n) is 14.2. The Morgan fingerprint density at radius 3 is 1.63 bits per heavy atom. The predicted octanol–water partition coefficient (Wildman–Crippen LogP) is 5.06. The molecule has 3 aromatic carbocycles. The van der Waals surface area contributed by atoms with E-state index in [-0.39, 0.29) is 60.5 Å². The van der Waals surface area contributed by atoms with Gasteiger partial charge in [0.2, 0.25) is 35.4 Å². The van der Waals surface area contributed by atoms with Gasteiger partial charge in [0, 0.05) is 18.9 Å². The van der Waals surface area contributed by atoms with Crippen LogP contribution in [0.3, 0.4) is 0 Å². The standard InChI is InChI=1S/C54H76N8O6/c1-32(55-9)47(63)60-45(53(3,4)5)51(67)59-43(49(65)57-41-23-15-19-36-17-11-13-21-39(36)41)29-34-25-27-35(28-26-34)38-30-44(50(66)58-42-24-16-20-37-18-12-14-22-40(37)42)62(31-38)52(68)46(54(6,7)8)61-48(64)33(2)56-10/h11-14,17-18,21-22,25-28,32-33,38,41-46,55-56H,15-16,19-20,23-24,29-31H2,1-10H3,(H,57,65)(H,58,66)(H,59,67)(H,60,63)(H,61,64)/t32-,33-,38-,41+,42+,43-,44-,45?,46+/m0/s1. The van der Waals surface area contributed by atoms with Crippen LogP contribution in [-0.2, 0) is 48.0 Å². The zero-order valence-electron chi connectivity index (χ0n) is 41.9. The molecular formula is C54H76N8O6. The van der Waals surface area contributed by atoms with Crippen LogP contribution in [-0.4, -0.2) is 97.2 Å². The first kappa shape index (κ1) is 51.8. The molecule has 14 heteroatoms. The molecule has 3 aromatic rings. The van der Waals surface area contributed by atoms with Gasteiger partial charge in [-0.1, -0.05) is 114 Å². The number of carbonyl (C=O) groups excluding carboxylic acids is 6. The van der Waals surface area contributed by atoms with Gasteiger partial charge in [-0.2, -0.15) is 0 Å². The maximum atomic E-state index is 14.8. The van der Waals surface area contributed by atoms with E-state index in [2.05, 4.69) is 55.4 Å². The van der Waals surface area contributed by atoms with E-state index in [1.165, 1.54) is 11.1 Å². The smallest absolute Gasteiger partial charge is 0.246 e. The van der Waals surface area contributed by atoms with Gasteiger partial charge in [0.1, 0.15) is 24.2 Å². The number of fused-ring (bicyclic) bond motifs is 2. The van der Waals surface area contributed by atoms with E-state index < -0.39 is 53.0 Å². The van der Waals surface area contributed by atoms with Crippen LogP contribution in [0.2, 0.25) is 0 Å². The van der Waals surface area contributed by atoms with E-state index in [9.17, 15) is 28.8 Å². The summed E-state index contributed by atoms with van der Waals surface area (Å²) in [5, 5.41) is 21.4. The predicted molar refractivity (Wildman–Crippen MR) is 265 cm³/mol. The summed E-state index contributed by atoms with van der Waals surface area (Å²) in [6.45, 7) is 15.1. The molecule has 9 atom stereocenters. The Bertz CT molecular complexity index is 2280. The molecule has 3 aliphatic rings. The highest BCUT2D eigenvalue weighted by atomic mass is 16.2. The molecule has 68 heavy (non-hydrogen) atoms. The van der Waals surface area contributed by atoms with E-state index in [1.54, 1.807) is 32.8 Å². The highest BCUT2D eigenvalue weighted by molar-refractivity contribution is 5.95. The Morgan fingerprint density at radius 2 is 1.12 bits per heavy atom. The van der Waals surface area contributed by atoms with Gasteiger partial charge in [-0.05, 0) is 117 Å². The Morgan fingerprint density at radius 1 is 0.618 bits per heavy atom. The summed E-state index contributed by atoms with van der Waals surface area (Å²) < 4.78 is 0. The Kier molecular flexibility index (Phi) is 16.9. The fourth-order valence-electron chi connectivity index (χ4n) is 9.83. The van der Waals surface area contributed by atoms with Gasteiger partial charge in [-0.3, -0.25) is 28.8 Å². The van der Waals surface area contributed by atoms with Crippen molar-refractivity contribution in [3.8, 4) is 0 Å². The summed E-state index contributed by atoms with van der Waals surface area (Å²) in [5.41, 5.74) is 4.97. The maximum Gasteiger partial charge on any atom is 0.246 e.